The number of anilines is 2. The van der Waals surface area contributed by atoms with Crippen molar-refractivity contribution < 1.29 is 13.9 Å². The lowest BCUT2D eigenvalue weighted by molar-refractivity contribution is 0.0545. The van der Waals surface area contributed by atoms with Crippen LogP contribution in [-0.4, -0.2) is 59.9 Å². The maximum absolute atomic E-state index is 13.3. The van der Waals surface area contributed by atoms with Gasteiger partial charge in [0, 0.05) is 44.6 Å². The molecule has 0 bridgehead atoms. The Morgan fingerprint density at radius 3 is 2.56 bits per heavy atom. The van der Waals surface area contributed by atoms with Crippen LogP contribution in [0.15, 0.2) is 36.4 Å². The maximum Gasteiger partial charge on any atom is 0.276 e. The molecule has 3 heterocycles. The first-order valence-electron chi connectivity index (χ1n) is 11.6. The molecule has 1 aromatic carbocycles. The molecule has 2 N–H and O–H groups in total. The lowest BCUT2D eigenvalue weighted by Gasteiger charge is -2.27. The average molecular weight is 440 g/mol. The van der Waals surface area contributed by atoms with Crippen LogP contribution in [0.25, 0.3) is 0 Å². The van der Waals surface area contributed by atoms with E-state index in [1.165, 1.54) is 44.6 Å². The molecule has 5 rings (SSSR count). The topological polar surface area (TPSA) is 79.4 Å². The van der Waals surface area contributed by atoms with Gasteiger partial charge in [0.25, 0.3) is 5.91 Å². The minimum Gasteiger partial charge on any atom is -0.381 e. The van der Waals surface area contributed by atoms with Crippen molar-refractivity contribution >= 4 is 17.4 Å². The molecule has 0 unspecified atom stereocenters. The van der Waals surface area contributed by atoms with Crippen molar-refractivity contribution in [1.82, 2.24) is 15.1 Å². The molecular formula is C24H30FN5O2. The van der Waals surface area contributed by atoms with E-state index < -0.39 is 11.7 Å². The fraction of sp³-hybridized carbons (Fsp3) is 0.542. The first-order chi connectivity index (χ1) is 15.6. The first-order valence-corrected chi connectivity index (χ1v) is 11.6. The van der Waals surface area contributed by atoms with E-state index in [1.807, 2.05) is 0 Å². The summed E-state index contributed by atoms with van der Waals surface area (Å²) in [5.74, 6) is 2.17. The van der Waals surface area contributed by atoms with Gasteiger partial charge < -0.3 is 20.3 Å². The molecule has 32 heavy (non-hydrogen) atoms. The zero-order valence-electron chi connectivity index (χ0n) is 18.2. The third-order valence-corrected chi connectivity index (χ3v) is 7.02. The number of rotatable bonds is 6. The van der Waals surface area contributed by atoms with E-state index in [-0.39, 0.29) is 5.69 Å². The Balaban J connectivity index is 1.09. The van der Waals surface area contributed by atoms with E-state index in [0.717, 1.165) is 43.8 Å². The molecule has 1 amide bonds. The molecule has 8 heteroatoms. The van der Waals surface area contributed by atoms with E-state index in [2.05, 4.69) is 25.7 Å². The number of halogens is 1. The van der Waals surface area contributed by atoms with Crippen LogP contribution in [0.4, 0.5) is 15.9 Å². The van der Waals surface area contributed by atoms with E-state index in [0.29, 0.717) is 17.5 Å². The number of carbonyl (C=O) groups is 1. The Morgan fingerprint density at radius 1 is 1.09 bits per heavy atom. The molecule has 3 fully saturated rings. The third-order valence-electron chi connectivity index (χ3n) is 7.02. The number of likely N-dealkylation sites (tertiary alicyclic amines) is 1. The smallest absolute Gasteiger partial charge is 0.276 e. The summed E-state index contributed by atoms with van der Waals surface area (Å²) < 4.78 is 18.8. The van der Waals surface area contributed by atoms with Gasteiger partial charge >= 0.3 is 0 Å². The van der Waals surface area contributed by atoms with Gasteiger partial charge in [0.05, 0.1) is 0 Å². The predicted molar refractivity (Wildman–Crippen MR) is 120 cm³/mol. The number of amides is 1. The summed E-state index contributed by atoms with van der Waals surface area (Å²) in [5.41, 5.74) is 0.592. The molecule has 3 aliphatic rings. The lowest BCUT2D eigenvalue weighted by Crippen LogP contribution is -2.32. The van der Waals surface area contributed by atoms with Crippen LogP contribution in [-0.2, 0) is 4.74 Å². The summed E-state index contributed by atoms with van der Waals surface area (Å²) in [6.45, 7) is 5.46. The minimum absolute atomic E-state index is 0.201. The van der Waals surface area contributed by atoms with Gasteiger partial charge in [-0.1, -0.05) is 6.07 Å². The number of nitrogens with zero attached hydrogens (tertiary/aromatic N) is 3. The number of hydrogen-bond donors (Lipinski definition) is 2. The van der Waals surface area contributed by atoms with Gasteiger partial charge in [-0.05, 0) is 73.8 Å². The number of aromatic nitrogens is 2. The Hall–Kier alpha value is -2.58. The number of hydrogen-bond acceptors (Lipinski definition) is 6. The quantitative estimate of drug-likeness (QED) is 0.718. The van der Waals surface area contributed by atoms with Crippen molar-refractivity contribution in [1.29, 1.82) is 0 Å². The summed E-state index contributed by atoms with van der Waals surface area (Å²) in [4.78, 5) is 15.0. The van der Waals surface area contributed by atoms with Crippen molar-refractivity contribution in [3.63, 3.8) is 0 Å². The monoisotopic (exact) mass is 439 g/mol. The molecule has 170 valence electrons. The molecule has 2 aromatic rings. The van der Waals surface area contributed by atoms with Crippen LogP contribution < -0.4 is 10.6 Å². The highest BCUT2D eigenvalue weighted by Gasteiger charge is 2.41. The van der Waals surface area contributed by atoms with Gasteiger partial charge in [-0.15, -0.1) is 10.2 Å². The van der Waals surface area contributed by atoms with Gasteiger partial charge in [0.2, 0.25) is 0 Å². The Labute approximate surface area is 187 Å². The first kappa shape index (κ1) is 21.3. The minimum atomic E-state index is -0.408. The fourth-order valence-electron chi connectivity index (χ4n) is 5.46. The number of nitrogens with one attached hydrogen (secondary N) is 2. The zero-order chi connectivity index (χ0) is 21.9. The maximum atomic E-state index is 13.3. The zero-order valence-corrected chi connectivity index (χ0v) is 18.2. The number of fused-ring (bicyclic) bond motifs is 1. The molecule has 3 atom stereocenters. The fourth-order valence-corrected chi connectivity index (χ4v) is 5.46. The van der Waals surface area contributed by atoms with E-state index in [1.54, 1.807) is 24.3 Å². The van der Waals surface area contributed by atoms with Crippen LogP contribution in [0, 0.1) is 23.6 Å². The highest BCUT2D eigenvalue weighted by molar-refractivity contribution is 6.02. The van der Waals surface area contributed by atoms with E-state index in [9.17, 15) is 9.18 Å². The van der Waals surface area contributed by atoms with Gasteiger partial charge in [0.1, 0.15) is 11.6 Å². The van der Waals surface area contributed by atoms with Crippen LogP contribution >= 0.6 is 0 Å². The van der Waals surface area contributed by atoms with Crippen LogP contribution in [0.1, 0.15) is 36.2 Å². The molecular weight excluding hydrogens is 409 g/mol. The summed E-state index contributed by atoms with van der Waals surface area (Å²) in [7, 11) is 0. The standard InChI is InChI=1S/C24H30FN5O2/c25-19-2-1-3-20(12-19)27-24(31)22-4-5-23(29-28-22)26-21-10-17-14-30(15-18(17)11-21)13-16-6-8-32-9-7-16/h1-5,12,16-18,21H,6-11,13-15H2,(H,26,29)(H,27,31)/t17-,18+,21+. The van der Waals surface area contributed by atoms with E-state index in [4.69, 9.17) is 4.74 Å². The highest BCUT2D eigenvalue weighted by Crippen LogP contribution is 2.39. The van der Waals surface area contributed by atoms with Crippen molar-refractivity contribution in [2.24, 2.45) is 17.8 Å². The van der Waals surface area contributed by atoms with Gasteiger partial charge in [-0.3, -0.25) is 4.79 Å². The van der Waals surface area contributed by atoms with Crippen molar-refractivity contribution in [2.45, 2.75) is 31.7 Å². The summed E-state index contributed by atoms with van der Waals surface area (Å²) in [5, 5.41) is 14.4. The molecule has 0 radical (unpaired) electrons. The SMILES string of the molecule is O=C(Nc1cccc(F)c1)c1ccc(N[C@H]2C[C@@H]3CN(CC4CCOCC4)C[C@@H]3C2)nn1. The van der Waals surface area contributed by atoms with Gasteiger partial charge in [-0.25, -0.2) is 4.39 Å². The second kappa shape index (κ2) is 9.50. The van der Waals surface area contributed by atoms with E-state index >= 15 is 0 Å². The van der Waals surface area contributed by atoms with Gasteiger partial charge in [0.15, 0.2) is 5.69 Å². The normalized spacial score (nSPS) is 26.1. The van der Waals surface area contributed by atoms with Crippen molar-refractivity contribution in [3.8, 4) is 0 Å². The Bertz CT molecular complexity index is 920. The molecule has 1 saturated carbocycles. The summed E-state index contributed by atoms with van der Waals surface area (Å²) in [6, 6.07) is 9.61. The molecule has 2 aliphatic heterocycles. The number of ether oxygens (including phenoxy) is 1. The van der Waals surface area contributed by atoms with Crippen molar-refractivity contribution in [3.05, 3.63) is 47.9 Å². The molecule has 2 saturated heterocycles. The number of benzene rings is 1. The second-order valence-electron chi connectivity index (χ2n) is 9.38. The number of carbonyl (C=O) groups excluding carboxylic acids is 1. The average Bonchev–Trinajstić information content (AvgIpc) is 3.33. The van der Waals surface area contributed by atoms with Crippen molar-refractivity contribution in [2.75, 3.05) is 43.5 Å². The Morgan fingerprint density at radius 2 is 1.88 bits per heavy atom. The lowest BCUT2D eigenvalue weighted by atomic mass is 10.00. The van der Waals surface area contributed by atoms with Crippen LogP contribution in [0.5, 0.6) is 0 Å². The van der Waals surface area contributed by atoms with Crippen LogP contribution in [0.3, 0.4) is 0 Å². The molecule has 1 aromatic heterocycles. The molecule has 1 aliphatic carbocycles. The van der Waals surface area contributed by atoms with Gasteiger partial charge in [-0.2, -0.15) is 0 Å². The highest BCUT2D eigenvalue weighted by atomic mass is 19.1. The third kappa shape index (κ3) is 5.07. The Kier molecular flexibility index (Phi) is 6.32. The molecule has 7 nitrogen and oxygen atoms in total. The summed E-state index contributed by atoms with van der Waals surface area (Å²) in [6.07, 6.45) is 4.70. The largest absolute Gasteiger partial charge is 0.381 e. The second-order valence-corrected chi connectivity index (χ2v) is 9.38. The summed E-state index contributed by atoms with van der Waals surface area (Å²) >= 11 is 0. The molecule has 0 spiro atoms. The predicted octanol–water partition coefficient (Wildman–Crippen LogP) is 3.42. The van der Waals surface area contributed by atoms with Crippen LogP contribution in [0.2, 0.25) is 0 Å².